The SMILES string of the molecule is CN(C)S(=O)(=O)NC(=O)c1ccc(C(=O)O)c(F)c1OC1CCC(F)(F)CC1. The molecule has 0 aromatic heterocycles. The number of aromatic carboxylic acids is 1. The molecule has 1 amide bonds. The Hall–Kier alpha value is -2.34. The van der Waals surface area contributed by atoms with E-state index in [9.17, 15) is 31.2 Å². The Morgan fingerprint density at radius 2 is 1.75 bits per heavy atom. The zero-order valence-corrected chi connectivity index (χ0v) is 15.9. The lowest BCUT2D eigenvalue weighted by Crippen LogP contribution is -2.40. The maximum atomic E-state index is 14.6. The van der Waals surface area contributed by atoms with Gasteiger partial charge in [-0.1, -0.05) is 0 Å². The molecule has 2 rings (SSSR count). The van der Waals surface area contributed by atoms with Gasteiger partial charge in [-0.2, -0.15) is 12.7 Å². The van der Waals surface area contributed by atoms with Crippen LogP contribution in [-0.2, 0) is 10.2 Å². The van der Waals surface area contributed by atoms with Crippen molar-refractivity contribution in [3.05, 3.63) is 29.1 Å². The van der Waals surface area contributed by atoms with E-state index in [1.165, 1.54) is 0 Å². The normalized spacial score (nSPS) is 17.4. The Balaban J connectivity index is 2.39. The van der Waals surface area contributed by atoms with Crippen LogP contribution >= 0.6 is 0 Å². The first kappa shape index (κ1) is 22.0. The summed E-state index contributed by atoms with van der Waals surface area (Å²) in [5.74, 6) is -7.94. The lowest BCUT2D eigenvalue weighted by Gasteiger charge is -2.29. The van der Waals surface area contributed by atoms with Crippen LogP contribution in [0.3, 0.4) is 0 Å². The van der Waals surface area contributed by atoms with Crippen molar-refractivity contribution in [2.45, 2.75) is 37.7 Å². The van der Waals surface area contributed by atoms with E-state index in [1.807, 2.05) is 0 Å². The number of alkyl halides is 2. The number of carbonyl (C=O) groups excluding carboxylic acids is 1. The van der Waals surface area contributed by atoms with E-state index < -0.39 is 69.6 Å². The number of nitrogens with one attached hydrogen (secondary N) is 1. The number of ether oxygens (including phenoxy) is 1. The van der Waals surface area contributed by atoms with Crippen LogP contribution in [0.5, 0.6) is 5.75 Å². The maximum absolute atomic E-state index is 14.6. The van der Waals surface area contributed by atoms with Crippen LogP contribution < -0.4 is 9.46 Å². The average Bonchev–Trinajstić information content (AvgIpc) is 2.57. The standard InChI is InChI=1S/C16H19F3N2O6S/c1-21(2)28(25,26)20-14(22)11-4-3-10(15(23)24)12(17)13(11)27-9-5-7-16(18,19)8-6-9/h3-4,9H,5-8H2,1-2H3,(H,20,22)(H,23,24). The van der Waals surface area contributed by atoms with Gasteiger partial charge in [0.25, 0.3) is 5.91 Å². The molecule has 0 aliphatic heterocycles. The molecule has 1 fully saturated rings. The minimum absolute atomic E-state index is 0.138. The molecule has 0 heterocycles. The monoisotopic (exact) mass is 424 g/mol. The van der Waals surface area contributed by atoms with Crippen molar-refractivity contribution in [1.82, 2.24) is 9.03 Å². The number of hydrogen-bond acceptors (Lipinski definition) is 5. The highest BCUT2D eigenvalue weighted by atomic mass is 32.2. The second kappa shape index (κ2) is 7.95. The molecule has 1 saturated carbocycles. The Kier molecular flexibility index (Phi) is 6.24. The van der Waals surface area contributed by atoms with Crippen molar-refractivity contribution in [2.75, 3.05) is 14.1 Å². The maximum Gasteiger partial charge on any atom is 0.338 e. The number of halogens is 3. The van der Waals surface area contributed by atoms with Gasteiger partial charge in [-0.15, -0.1) is 0 Å². The number of carbonyl (C=O) groups is 2. The lowest BCUT2D eigenvalue weighted by atomic mass is 9.94. The Morgan fingerprint density at radius 1 is 1.21 bits per heavy atom. The summed E-state index contributed by atoms with van der Waals surface area (Å²) in [6, 6.07) is 1.69. The summed E-state index contributed by atoms with van der Waals surface area (Å²) in [5, 5.41) is 9.06. The third kappa shape index (κ3) is 4.93. The summed E-state index contributed by atoms with van der Waals surface area (Å²) < 4.78 is 72.6. The van der Waals surface area contributed by atoms with E-state index in [-0.39, 0.29) is 12.8 Å². The predicted octanol–water partition coefficient (Wildman–Crippen LogP) is 2.02. The average molecular weight is 424 g/mol. The van der Waals surface area contributed by atoms with Crippen molar-refractivity contribution in [3.8, 4) is 5.75 Å². The highest BCUT2D eigenvalue weighted by Crippen LogP contribution is 2.36. The zero-order valence-electron chi connectivity index (χ0n) is 15.0. The van der Waals surface area contributed by atoms with Gasteiger partial charge in [0.1, 0.15) is 0 Å². The van der Waals surface area contributed by atoms with Crippen molar-refractivity contribution in [2.24, 2.45) is 0 Å². The van der Waals surface area contributed by atoms with E-state index in [1.54, 1.807) is 4.72 Å². The van der Waals surface area contributed by atoms with Gasteiger partial charge in [-0.25, -0.2) is 22.7 Å². The van der Waals surface area contributed by atoms with Crippen LogP contribution in [0.1, 0.15) is 46.4 Å². The molecule has 0 saturated heterocycles. The first-order valence-electron chi connectivity index (χ1n) is 8.19. The van der Waals surface area contributed by atoms with Crippen LogP contribution in [0.15, 0.2) is 12.1 Å². The van der Waals surface area contributed by atoms with E-state index in [2.05, 4.69) is 0 Å². The minimum atomic E-state index is -4.21. The minimum Gasteiger partial charge on any atom is -0.486 e. The second-order valence-electron chi connectivity index (χ2n) is 6.50. The van der Waals surface area contributed by atoms with Crippen LogP contribution in [0.25, 0.3) is 0 Å². The van der Waals surface area contributed by atoms with Crippen LogP contribution in [0, 0.1) is 5.82 Å². The molecule has 0 atom stereocenters. The van der Waals surface area contributed by atoms with Crippen LogP contribution in [0.4, 0.5) is 13.2 Å². The highest BCUT2D eigenvalue weighted by molar-refractivity contribution is 7.87. The molecule has 156 valence electrons. The number of benzene rings is 1. The molecule has 0 spiro atoms. The predicted molar refractivity (Wildman–Crippen MR) is 91.3 cm³/mol. The number of amides is 1. The van der Waals surface area contributed by atoms with Gasteiger partial charge in [-0.05, 0) is 25.0 Å². The fourth-order valence-electron chi connectivity index (χ4n) is 2.58. The molecule has 12 heteroatoms. The van der Waals surface area contributed by atoms with Gasteiger partial charge in [0.2, 0.25) is 5.92 Å². The summed E-state index contributed by atoms with van der Waals surface area (Å²) in [4.78, 5) is 23.5. The lowest BCUT2D eigenvalue weighted by molar-refractivity contribution is -0.0587. The van der Waals surface area contributed by atoms with Crippen molar-refractivity contribution >= 4 is 22.1 Å². The molecule has 1 aliphatic rings. The van der Waals surface area contributed by atoms with Crippen LogP contribution in [-0.4, -0.2) is 55.8 Å². The van der Waals surface area contributed by atoms with Gasteiger partial charge >= 0.3 is 16.2 Å². The largest absolute Gasteiger partial charge is 0.486 e. The van der Waals surface area contributed by atoms with E-state index in [0.717, 1.165) is 26.2 Å². The molecule has 0 unspecified atom stereocenters. The van der Waals surface area contributed by atoms with Crippen LogP contribution in [0.2, 0.25) is 0 Å². The smallest absolute Gasteiger partial charge is 0.338 e. The molecule has 1 aliphatic carbocycles. The third-order valence-electron chi connectivity index (χ3n) is 4.22. The Morgan fingerprint density at radius 3 is 2.25 bits per heavy atom. The molecule has 1 aromatic rings. The first-order chi connectivity index (χ1) is 12.8. The quantitative estimate of drug-likeness (QED) is 0.723. The molecule has 0 radical (unpaired) electrons. The summed E-state index contributed by atoms with van der Waals surface area (Å²) in [5.41, 5.74) is -1.37. The van der Waals surface area contributed by atoms with E-state index >= 15 is 0 Å². The molecular formula is C16H19F3N2O6S. The van der Waals surface area contributed by atoms with Gasteiger partial charge in [0, 0.05) is 26.9 Å². The summed E-state index contributed by atoms with van der Waals surface area (Å²) in [6.45, 7) is 0. The van der Waals surface area contributed by atoms with Gasteiger partial charge in [-0.3, -0.25) is 4.79 Å². The topological polar surface area (TPSA) is 113 Å². The zero-order chi connectivity index (χ0) is 21.3. The summed E-state index contributed by atoms with van der Waals surface area (Å²) in [6.07, 6.45) is -2.17. The Labute approximate surface area is 159 Å². The van der Waals surface area contributed by atoms with E-state index in [4.69, 9.17) is 9.84 Å². The van der Waals surface area contributed by atoms with Crippen molar-refractivity contribution in [3.63, 3.8) is 0 Å². The molecule has 0 bridgehead atoms. The fraction of sp³-hybridized carbons (Fsp3) is 0.500. The molecular weight excluding hydrogens is 405 g/mol. The second-order valence-corrected chi connectivity index (χ2v) is 8.39. The molecule has 28 heavy (non-hydrogen) atoms. The number of nitrogens with zero attached hydrogens (tertiary/aromatic N) is 1. The van der Waals surface area contributed by atoms with E-state index in [0.29, 0.717) is 4.31 Å². The molecule has 2 N–H and O–H groups in total. The number of hydrogen-bond donors (Lipinski definition) is 2. The first-order valence-corrected chi connectivity index (χ1v) is 9.63. The number of carboxylic acid groups (broad SMARTS) is 1. The summed E-state index contributed by atoms with van der Waals surface area (Å²) in [7, 11) is -1.90. The van der Waals surface area contributed by atoms with Gasteiger partial charge in [0.05, 0.1) is 17.2 Å². The Bertz CT molecular complexity index is 879. The molecule has 8 nitrogen and oxygen atoms in total. The highest BCUT2D eigenvalue weighted by Gasteiger charge is 2.37. The molecule has 1 aromatic carbocycles. The van der Waals surface area contributed by atoms with Gasteiger partial charge < -0.3 is 9.84 Å². The fourth-order valence-corrected chi connectivity index (χ4v) is 3.10. The number of carboxylic acids is 1. The van der Waals surface area contributed by atoms with Crippen molar-refractivity contribution in [1.29, 1.82) is 0 Å². The summed E-state index contributed by atoms with van der Waals surface area (Å²) >= 11 is 0. The van der Waals surface area contributed by atoms with Gasteiger partial charge in [0.15, 0.2) is 11.6 Å². The number of rotatable bonds is 6. The van der Waals surface area contributed by atoms with Crippen molar-refractivity contribution < 1.29 is 41.0 Å². The third-order valence-corrected chi connectivity index (χ3v) is 5.63.